The molecule has 2 aromatic rings. The van der Waals surface area contributed by atoms with Crippen LogP contribution in [0.5, 0.6) is 5.75 Å². The maximum Gasteiger partial charge on any atom is 0.153 e. The van der Waals surface area contributed by atoms with Crippen molar-refractivity contribution in [1.82, 2.24) is 0 Å². The first-order valence-corrected chi connectivity index (χ1v) is 9.34. The number of halogens is 1. The van der Waals surface area contributed by atoms with Crippen molar-refractivity contribution < 1.29 is 5.11 Å². The van der Waals surface area contributed by atoms with Crippen molar-refractivity contribution in [3.63, 3.8) is 0 Å². The Balaban J connectivity index is 2.13. The normalized spacial score (nSPS) is 13.0. The van der Waals surface area contributed by atoms with E-state index in [1.165, 1.54) is 4.90 Å². The summed E-state index contributed by atoms with van der Waals surface area (Å²) in [5, 5.41) is 10.6. The lowest BCUT2D eigenvalue weighted by Gasteiger charge is -2.33. The standard InChI is InChI=1S/C16H16ClNOS2/c1-20-14-8-7-13-15(16(14)19)18(10-4-9-17)11-5-2-3-6-12(11)21-13/h2-3,5-8,19H,4,9-10H2,1H3. The summed E-state index contributed by atoms with van der Waals surface area (Å²) in [5.74, 6) is 0.987. The second kappa shape index (κ2) is 6.42. The molecule has 1 aliphatic rings. The summed E-state index contributed by atoms with van der Waals surface area (Å²) < 4.78 is 0. The van der Waals surface area contributed by atoms with Gasteiger partial charge in [0.05, 0.1) is 16.3 Å². The van der Waals surface area contributed by atoms with Gasteiger partial charge in [-0.2, -0.15) is 0 Å². The van der Waals surface area contributed by atoms with Crippen LogP contribution in [0, 0.1) is 0 Å². The van der Waals surface area contributed by atoms with Crippen molar-refractivity contribution >= 4 is 46.5 Å². The Morgan fingerprint density at radius 1 is 1.19 bits per heavy atom. The third kappa shape index (κ3) is 2.72. The Labute approximate surface area is 138 Å². The molecule has 2 aromatic carbocycles. The maximum atomic E-state index is 10.6. The molecule has 2 nitrogen and oxygen atoms in total. The molecule has 0 radical (unpaired) electrons. The molecule has 0 atom stereocenters. The van der Waals surface area contributed by atoms with Crippen LogP contribution >= 0.6 is 35.1 Å². The van der Waals surface area contributed by atoms with Gasteiger partial charge in [-0.3, -0.25) is 0 Å². The third-order valence-electron chi connectivity index (χ3n) is 3.46. The Morgan fingerprint density at radius 3 is 2.76 bits per heavy atom. The number of anilines is 2. The lowest BCUT2D eigenvalue weighted by atomic mass is 10.2. The highest BCUT2D eigenvalue weighted by molar-refractivity contribution is 8.00. The van der Waals surface area contributed by atoms with Gasteiger partial charge in [0, 0.05) is 22.2 Å². The monoisotopic (exact) mass is 337 g/mol. The predicted octanol–water partition coefficient (Wildman–Crippen LogP) is 5.35. The molecule has 0 aliphatic carbocycles. The highest BCUT2D eigenvalue weighted by Gasteiger charge is 2.26. The van der Waals surface area contributed by atoms with Crippen molar-refractivity contribution in [2.45, 2.75) is 21.1 Å². The summed E-state index contributed by atoms with van der Waals surface area (Å²) >= 11 is 9.15. The van der Waals surface area contributed by atoms with Crippen LogP contribution in [0.2, 0.25) is 0 Å². The Kier molecular flexibility index (Phi) is 4.57. The zero-order valence-corrected chi connectivity index (χ0v) is 14.1. The van der Waals surface area contributed by atoms with E-state index in [2.05, 4.69) is 23.1 Å². The summed E-state index contributed by atoms with van der Waals surface area (Å²) in [6, 6.07) is 12.4. The molecule has 1 aliphatic heterocycles. The van der Waals surface area contributed by atoms with Gasteiger partial charge >= 0.3 is 0 Å². The van der Waals surface area contributed by atoms with Gasteiger partial charge in [0.2, 0.25) is 0 Å². The van der Waals surface area contributed by atoms with E-state index in [-0.39, 0.29) is 0 Å². The predicted molar refractivity (Wildman–Crippen MR) is 92.8 cm³/mol. The highest BCUT2D eigenvalue weighted by atomic mass is 35.5. The number of thioether (sulfide) groups is 1. The van der Waals surface area contributed by atoms with Crippen molar-refractivity contribution in [3.05, 3.63) is 36.4 Å². The number of hydrogen-bond donors (Lipinski definition) is 1. The minimum absolute atomic E-state index is 0.372. The van der Waals surface area contributed by atoms with E-state index >= 15 is 0 Å². The number of fused-ring (bicyclic) bond motifs is 2. The van der Waals surface area contributed by atoms with Gasteiger partial charge in [0.1, 0.15) is 0 Å². The first kappa shape index (κ1) is 14.9. The topological polar surface area (TPSA) is 23.5 Å². The molecule has 0 amide bonds. The third-order valence-corrected chi connectivity index (χ3v) is 5.61. The Hall–Kier alpha value is -0.970. The lowest BCUT2D eigenvalue weighted by molar-refractivity contribution is 0.461. The minimum atomic E-state index is 0.372. The number of hydrogen-bond acceptors (Lipinski definition) is 4. The van der Waals surface area contributed by atoms with E-state index in [0.29, 0.717) is 11.6 Å². The van der Waals surface area contributed by atoms with Crippen LogP contribution in [0.4, 0.5) is 11.4 Å². The van der Waals surface area contributed by atoms with Gasteiger partial charge in [0.25, 0.3) is 0 Å². The van der Waals surface area contributed by atoms with E-state index in [4.69, 9.17) is 11.6 Å². The molecule has 0 fully saturated rings. The van der Waals surface area contributed by atoms with Crippen molar-refractivity contribution in [1.29, 1.82) is 0 Å². The number of phenols is 1. The average Bonchev–Trinajstić information content (AvgIpc) is 2.52. The zero-order chi connectivity index (χ0) is 14.8. The first-order chi connectivity index (χ1) is 10.3. The number of nitrogens with zero attached hydrogens (tertiary/aromatic N) is 1. The van der Waals surface area contributed by atoms with Gasteiger partial charge in [0.15, 0.2) is 5.75 Å². The van der Waals surface area contributed by atoms with Crippen LogP contribution in [0.1, 0.15) is 6.42 Å². The first-order valence-electron chi connectivity index (χ1n) is 6.76. The van der Waals surface area contributed by atoms with E-state index in [0.717, 1.165) is 34.1 Å². The number of phenolic OH excluding ortho intramolecular Hbond substituents is 1. The molecular formula is C16H16ClNOS2. The number of aromatic hydroxyl groups is 1. The van der Waals surface area contributed by atoms with Crippen LogP contribution in [-0.2, 0) is 0 Å². The van der Waals surface area contributed by atoms with Crippen LogP contribution in [0.15, 0.2) is 51.1 Å². The van der Waals surface area contributed by atoms with Crippen LogP contribution in [0.25, 0.3) is 0 Å². The number of alkyl halides is 1. The molecule has 0 bridgehead atoms. The van der Waals surface area contributed by atoms with Gasteiger partial charge in [-0.25, -0.2) is 0 Å². The van der Waals surface area contributed by atoms with E-state index in [1.54, 1.807) is 23.5 Å². The molecule has 0 aromatic heterocycles. The molecule has 5 heteroatoms. The van der Waals surface area contributed by atoms with E-state index < -0.39 is 0 Å². The summed E-state index contributed by atoms with van der Waals surface area (Å²) in [6.45, 7) is 0.805. The Morgan fingerprint density at radius 2 is 2.00 bits per heavy atom. The van der Waals surface area contributed by atoms with E-state index in [1.807, 2.05) is 24.5 Å². The molecule has 21 heavy (non-hydrogen) atoms. The van der Waals surface area contributed by atoms with Crippen LogP contribution in [0.3, 0.4) is 0 Å². The van der Waals surface area contributed by atoms with Crippen molar-refractivity contribution in [3.8, 4) is 5.75 Å². The molecule has 0 spiro atoms. The second-order valence-electron chi connectivity index (χ2n) is 4.73. The smallest absolute Gasteiger partial charge is 0.153 e. The molecule has 1 heterocycles. The summed E-state index contributed by atoms with van der Waals surface area (Å²) in [5.41, 5.74) is 2.06. The molecule has 110 valence electrons. The lowest BCUT2D eigenvalue weighted by Crippen LogP contribution is -2.22. The minimum Gasteiger partial charge on any atom is -0.505 e. The van der Waals surface area contributed by atoms with E-state index in [9.17, 15) is 5.11 Å². The van der Waals surface area contributed by atoms with Gasteiger partial charge < -0.3 is 10.0 Å². The molecule has 3 rings (SSSR count). The van der Waals surface area contributed by atoms with Gasteiger partial charge in [-0.05, 0) is 36.9 Å². The highest BCUT2D eigenvalue weighted by Crippen LogP contribution is 2.53. The number of para-hydroxylation sites is 1. The fraction of sp³-hybridized carbons (Fsp3) is 0.250. The van der Waals surface area contributed by atoms with Gasteiger partial charge in [-0.15, -0.1) is 23.4 Å². The molecule has 0 saturated heterocycles. The largest absolute Gasteiger partial charge is 0.505 e. The average molecular weight is 338 g/mol. The molecule has 0 unspecified atom stereocenters. The number of rotatable bonds is 4. The molecule has 0 saturated carbocycles. The fourth-order valence-corrected chi connectivity index (χ4v) is 4.23. The summed E-state index contributed by atoms with van der Waals surface area (Å²) in [7, 11) is 0. The zero-order valence-electron chi connectivity index (χ0n) is 11.7. The van der Waals surface area contributed by atoms with Crippen molar-refractivity contribution in [2.75, 3.05) is 23.6 Å². The summed E-state index contributed by atoms with van der Waals surface area (Å²) in [4.78, 5) is 5.41. The second-order valence-corrected chi connectivity index (χ2v) is 7.04. The maximum absolute atomic E-state index is 10.6. The fourth-order valence-electron chi connectivity index (χ4n) is 2.51. The van der Waals surface area contributed by atoms with Gasteiger partial charge in [-0.1, -0.05) is 23.9 Å². The SMILES string of the molecule is CSc1ccc2c(c1O)N(CCCCl)c1ccccc1S2. The summed E-state index contributed by atoms with van der Waals surface area (Å²) in [6.07, 6.45) is 2.86. The molecule has 1 N–H and O–H groups in total. The van der Waals surface area contributed by atoms with Crippen LogP contribution in [-0.4, -0.2) is 23.8 Å². The Bertz CT molecular complexity index is 663. The van der Waals surface area contributed by atoms with Crippen LogP contribution < -0.4 is 4.90 Å². The molecular weight excluding hydrogens is 322 g/mol. The quantitative estimate of drug-likeness (QED) is 0.600. The van der Waals surface area contributed by atoms with Crippen molar-refractivity contribution in [2.24, 2.45) is 0 Å². The number of benzene rings is 2.